The third-order valence-electron chi connectivity index (χ3n) is 2.71. The molecule has 0 radical (unpaired) electrons. The van der Waals surface area contributed by atoms with E-state index in [1.165, 1.54) is 6.92 Å². The van der Waals surface area contributed by atoms with E-state index in [1.54, 1.807) is 42.5 Å². The average Bonchev–Trinajstić information content (AvgIpc) is 2.42. The number of carbonyl (C=O) groups is 2. The highest BCUT2D eigenvalue weighted by molar-refractivity contribution is 14.1. The number of carbonyl (C=O) groups excluding carboxylic acids is 2. The Balaban J connectivity index is 2.21. The van der Waals surface area contributed by atoms with Crippen LogP contribution in [0.15, 0.2) is 42.5 Å². The molecule has 0 bridgehead atoms. The van der Waals surface area contributed by atoms with Gasteiger partial charge in [0.25, 0.3) is 5.91 Å². The second kappa shape index (κ2) is 6.37. The van der Waals surface area contributed by atoms with E-state index in [-0.39, 0.29) is 11.7 Å². The van der Waals surface area contributed by atoms with Gasteiger partial charge in [-0.05, 0) is 59.8 Å². The molecule has 0 aromatic heterocycles. The van der Waals surface area contributed by atoms with Crippen LogP contribution in [0.2, 0.25) is 5.02 Å². The SMILES string of the molecule is CC(=O)c1cccc(NC(=O)c2ccc(I)c(Cl)c2)c1. The van der Waals surface area contributed by atoms with Gasteiger partial charge in [-0.2, -0.15) is 0 Å². The Morgan fingerprint density at radius 1 is 1.10 bits per heavy atom. The van der Waals surface area contributed by atoms with Gasteiger partial charge < -0.3 is 5.32 Å². The lowest BCUT2D eigenvalue weighted by Crippen LogP contribution is -2.12. The average molecular weight is 400 g/mol. The molecular formula is C15H11ClINO2. The summed E-state index contributed by atoms with van der Waals surface area (Å²) in [6, 6.07) is 11.9. The number of halogens is 2. The zero-order chi connectivity index (χ0) is 14.7. The molecule has 20 heavy (non-hydrogen) atoms. The summed E-state index contributed by atoms with van der Waals surface area (Å²) in [6.45, 7) is 1.49. The van der Waals surface area contributed by atoms with Crippen LogP contribution in [0, 0.1) is 3.57 Å². The Hall–Kier alpha value is -1.40. The quantitative estimate of drug-likeness (QED) is 0.614. The van der Waals surface area contributed by atoms with Crippen molar-refractivity contribution in [3.8, 4) is 0 Å². The van der Waals surface area contributed by atoms with Crippen molar-refractivity contribution in [2.75, 3.05) is 5.32 Å². The number of anilines is 1. The van der Waals surface area contributed by atoms with Crippen molar-refractivity contribution >= 4 is 51.6 Å². The third kappa shape index (κ3) is 3.58. The molecule has 2 aromatic carbocycles. The zero-order valence-corrected chi connectivity index (χ0v) is 13.5. The maximum absolute atomic E-state index is 12.1. The maximum Gasteiger partial charge on any atom is 0.255 e. The van der Waals surface area contributed by atoms with E-state index >= 15 is 0 Å². The van der Waals surface area contributed by atoms with Gasteiger partial charge in [-0.15, -0.1) is 0 Å². The second-order valence-electron chi connectivity index (χ2n) is 4.22. The van der Waals surface area contributed by atoms with Gasteiger partial charge in [0.05, 0.1) is 5.02 Å². The molecule has 0 atom stereocenters. The molecule has 1 amide bonds. The molecule has 0 aliphatic rings. The number of hydrogen-bond donors (Lipinski definition) is 1. The molecule has 102 valence electrons. The van der Waals surface area contributed by atoms with Crippen LogP contribution in [0.25, 0.3) is 0 Å². The van der Waals surface area contributed by atoms with Crippen LogP contribution in [-0.2, 0) is 0 Å². The van der Waals surface area contributed by atoms with E-state index in [0.717, 1.165) is 3.57 Å². The van der Waals surface area contributed by atoms with Gasteiger partial charge in [0.1, 0.15) is 0 Å². The topological polar surface area (TPSA) is 46.2 Å². The molecule has 0 unspecified atom stereocenters. The van der Waals surface area contributed by atoms with Crippen LogP contribution in [0.1, 0.15) is 27.6 Å². The van der Waals surface area contributed by atoms with Gasteiger partial charge in [-0.25, -0.2) is 0 Å². The van der Waals surface area contributed by atoms with Crippen LogP contribution in [0.4, 0.5) is 5.69 Å². The molecule has 3 nitrogen and oxygen atoms in total. The van der Waals surface area contributed by atoms with E-state index in [9.17, 15) is 9.59 Å². The fraction of sp³-hybridized carbons (Fsp3) is 0.0667. The Morgan fingerprint density at radius 3 is 2.50 bits per heavy atom. The van der Waals surface area contributed by atoms with Gasteiger partial charge in [-0.1, -0.05) is 23.7 Å². The molecule has 5 heteroatoms. The van der Waals surface area contributed by atoms with Crippen molar-refractivity contribution in [2.24, 2.45) is 0 Å². The number of amides is 1. The monoisotopic (exact) mass is 399 g/mol. The van der Waals surface area contributed by atoms with E-state index in [0.29, 0.717) is 21.8 Å². The van der Waals surface area contributed by atoms with Crippen molar-refractivity contribution < 1.29 is 9.59 Å². The highest BCUT2D eigenvalue weighted by atomic mass is 127. The minimum absolute atomic E-state index is 0.0431. The fourth-order valence-electron chi connectivity index (χ4n) is 1.66. The normalized spacial score (nSPS) is 10.2. The highest BCUT2D eigenvalue weighted by Crippen LogP contribution is 2.20. The Bertz CT molecular complexity index is 685. The molecule has 0 spiro atoms. The molecule has 0 fully saturated rings. The molecule has 0 saturated carbocycles. The zero-order valence-electron chi connectivity index (χ0n) is 10.6. The molecule has 0 heterocycles. The lowest BCUT2D eigenvalue weighted by molar-refractivity contribution is 0.101. The van der Waals surface area contributed by atoms with Gasteiger partial charge in [0.2, 0.25) is 0 Å². The largest absolute Gasteiger partial charge is 0.322 e. The first-order chi connectivity index (χ1) is 9.47. The third-order valence-corrected chi connectivity index (χ3v) is 4.28. The number of benzene rings is 2. The van der Waals surface area contributed by atoms with Crippen LogP contribution in [0.5, 0.6) is 0 Å². The first kappa shape index (κ1) is 15.0. The molecule has 1 N–H and O–H groups in total. The minimum Gasteiger partial charge on any atom is -0.322 e. The maximum atomic E-state index is 12.1. The predicted molar refractivity (Wildman–Crippen MR) is 88.6 cm³/mol. The first-order valence-electron chi connectivity index (χ1n) is 5.85. The van der Waals surface area contributed by atoms with Crippen molar-refractivity contribution in [3.63, 3.8) is 0 Å². The van der Waals surface area contributed by atoms with Crippen LogP contribution < -0.4 is 5.32 Å². The van der Waals surface area contributed by atoms with E-state index in [2.05, 4.69) is 27.9 Å². The second-order valence-corrected chi connectivity index (χ2v) is 5.79. The first-order valence-corrected chi connectivity index (χ1v) is 7.30. The smallest absolute Gasteiger partial charge is 0.255 e. The van der Waals surface area contributed by atoms with Crippen molar-refractivity contribution in [2.45, 2.75) is 6.92 Å². The summed E-state index contributed by atoms with van der Waals surface area (Å²) in [4.78, 5) is 23.4. The summed E-state index contributed by atoms with van der Waals surface area (Å²) in [5.41, 5.74) is 1.62. The summed E-state index contributed by atoms with van der Waals surface area (Å²) in [6.07, 6.45) is 0. The summed E-state index contributed by atoms with van der Waals surface area (Å²) in [5.74, 6) is -0.303. The number of Topliss-reactive ketones (excluding diaryl/α,β-unsaturated/α-hetero) is 1. The Labute approximate surface area is 135 Å². The van der Waals surface area contributed by atoms with Gasteiger partial charge in [0.15, 0.2) is 5.78 Å². The lowest BCUT2D eigenvalue weighted by atomic mass is 10.1. The Kier molecular flexibility index (Phi) is 4.77. The van der Waals surface area contributed by atoms with Gasteiger partial charge in [-0.3, -0.25) is 9.59 Å². The number of rotatable bonds is 3. The fourth-order valence-corrected chi connectivity index (χ4v) is 2.17. The highest BCUT2D eigenvalue weighted by Gasteiger charge is 2.09. The van der Waals surface area contributed by atoms with Crippen molar-refractivity contribution in [3.05, 3.63) is 62.2 Å². The lowest BCUT2D eigenvalue weighted by Gasteiger charge is -2.07. The molecular weight excluding hydrogens is 389 g/mol. The summed E-state index contributed by atoms with van der Waals surface area (Å²) in [5, 5.41) is 3.29. The standard InChI is InChI=1S/C15H11ClINO2/c1-9(19)10-3-2-4-12(7-10)18-15(20)11-5-6-14(17)13(16)8-11/h2-8H,1H3,(H,18,20). The minimum atomic E-state index is -0.260. The predicted octanol–water partition coefficient (Wildman–Crippen LogP) is 4.40. The van der Waals surface area contributed by atoms with E-state index in [4.69, 9.17) is 11.6 Å². The summed E-state index contributed by atoms with van der Waals surface area (Å²) < 4.78 is 0.888. The Morgan fingerprint density at radius 2 is 1.85 bits per heavy atom. The number of ketones is 1. The molecule has 0 aliphatic carbocycles. The van der Waals surface area contributed by atoms with Gasteiger partial charge >= 0.3 is 0 Å². The summed E-state index contributed by atoms with van der Waals surface area (Å²) in [7, 11) is 0. The van der Waals surface area contributed by atoms with Crippen molar-refractivity contribution in [1.29, 1.82) is 0 Å². The molecule has 2 aromatic rings. The van der Waals surface area contributed by atoms with Crippen LogP contribution in [-0.4, -0.2) is 11.7 Å². The van der Waals surface area contributed by atoms with E-state index < -0.39 is 0 Å². The number of nitrogens with one attached hydrogen (secondary N) is 1. The van der Waals surface area contributed by atoms with Crippen LogP contribution in [0.3, 0.4) is 0 Å². The number of hydrogen-bond acceptors (Lipinski definition) is 2. The van der Waals surface area contributed by atoms with Crippen molar-refractivity contribution in [1.82, 2.24) is 0 Å². The van der Waals surface area contributed by atoms with Gasteiger partial charge in [0, 0.05) is 20.4 Å². The van der Waals surface area contributed by atoms with Crippen LogP contribution >= 0.6 is 34.2 Å². The molecule has 2 rings (SSSR count). The molecule has 0 saturated heterocycles. The summed E-state index contributed by atoms with van der Waals surface area (Å²) >= 11 is 8.09. The molecule has 0 aliphatic heterocycles. The van der Waals surface area contributed by atoms with E-state index in [1.807, 2.05) is 0 Å².